The van der Waals surface area contributed by atoms with Crippen LogP contribution in [0.25, 0.3) is 0 Å². The van der Waals surface area contributed by atoms with Gasteiger partial charge in [-0.1, -0.05) is 23.8 Å². The third-order valence-electron chi connectivity index (χ3n) is 6.44. The van der Waals surface area contributed by atoms with Gasteiger partial charge in [-0.05, 0) is 37.5 Å². The molecule has 1 aromatic carbocycles. The second-order valence-corrected chi connectivity index (χ2v) is 8.27. The molecule has 1 amide bonds. The zero-order valence-corrected chi connectivity index (χ0v) is 17.4. The second kappa shape index (κ2) is 7.47. The zero-order chi connectivity index (χ0) is 21.6. The van der Waals surface area contributed by atoms with Crippen molar-refractivity contribution in [3.8, 4) is 11.5 Å². The second-order valence-electron chi connectivity index (χ2n) is 8.27. The largest absolute Gasteiger partial charge is 0.550 e. The summed E-state index contributed by atoms with van der Waals surface area (Å²) in [4.78, 5) is 26.9. The summed E-state index contributed by atoms with van der Waals surface area (Å²) in [7, 11) is 3.16. The quantitative estimate of drug-likeness (QED) is 0.595. The first-order valence-corrected chi connectivity index (χ1v) is 10.1. The maximum Gasteiger partial charge on any atom is 0.230 e. The molecule has 0 aliphatic carbocycles. The fourth-order valence-corrected chi connectivity index (χ4v) is 5.14. The topological polar surface area (TPSA) is 88.1 Å². The van der Waals surface area contributed by atoms with Crippen molar-refractivity contribution in [3.63, 3.8) is 0 Å². The summed E-state index contributed by atoms with van der Waals surface area (Å²) >= 11 is 0. The van der Waals surface area contributed by atoms with E-state index in [0.29, 0.717) is 30.9 Å². The number of likely N-dealkylation sites (tertiary alicyclic amines) is 1. The molecule has 0 aromatic heterocycles. The third kappa shape index (κ3) is 2.99. The van der Waals surface area contributed by atoms with Gasteiger partial charge in [0.1, 0.15) is 5.60 Å². The smallest absolute Gasteiger partial charge is 0.230 e. The molecule has 2 saturated heterocycles. The molecule has 5 atom stereocenters. The molecule has 0 unspecified atom stereocenters. The SMILES string of the molecule is C=C(C)C[C@H]1N(CCc2ccc(OC)c(OC)c2)C(=O)[C@H]2[C@@H](C(=O)[O-])[C@@H]3C=C[C@]21O3. The van der Waals surface area contributed by atoms with E-state index in [9.17, 15) is 14.7 Å². The van der Waals surface area contributed by atoms with Crippen molar-refractivity contribution >= 4 is 11.9 Å². The van der Waals surface area contributed by atoms with E-state index < -0.39 is 29.5 Å². The van der Waals surface area contributed by atoms with Crippen molar-refractivity contribution in [2.75, 3.05) is 20.8 Å². The standard InChI is InChI=1S/C23H27NO6/c1-13(2)11-18-23-9-7-16(30-23)19(22(26)27)20(23)21(25)24(18)10-8-14-5-6-15(28-3)17(12-14)29-4/h5-7,9,12,16,18-20H,1,8,10-11H2,2-4H3,(H,26,27)/p-1/t16-,18+,19-,20+,23+/m0/s1. The lowest BCUT2D eigenvalue weighted by Gasteiger charge is -2.33. The molecule has 0 radical (unpaired) electrons. The molecule has 4 rings (SSSR count). The summed E-state index contributed by atoms with van der Waals surface area (Å²) in [6.45, 7) is 6.35. The maximum atomic E-state index is 13.4. The van der Waals surface area contributed by atoms with Crippen molar-refractivity contribution in [1.82, 2.24) is 4.90 Å². The highest BCUT2D eigenvalue weighted by molar-refractivity contribution is 5.91. The summed E-state index contributed by atoms with van der Waals surface area (Å²) in [5.41, 5.74) is 0.973. The van der Waals surface area contributed by atoms with E-state index in [1.54, 1.807) is 25.2 Å². The van der Waals surface area contributed by atoms with Crippen LogP contribution in [0.1, 0.15) is 18.9 Å². The van der Waals surface area contributed by atoms with Gasteiger partial charge < -0.3 is 29.0 Å². The van der Waals surface area contributed by atoms with Gasteiger partial charge in [0.15, 0.2) is 11.5 Å². The van der Waals surface area contributed by atoms with E-state index in [1.807, 2.05) is 31.2 Å². The van der Waals surface area contributed by atoms with Crippen molar-refractivity contribution < 1.29 is 28.9 Å². The predicted molar refractivity (Wildman–Crippen MR) is 107 cm³/mol. The predicted octanol–water partition coefficient (Wildman–Crippen LogP) is 1.11. The van der Waals surface area contributed by atoms with Gasteiger partial charge in [0, 0.05) is 18.4 Å². The van der Waals surface area contributed by atoms with Gasteiger partial charge in [-0.3, -0.25) is 4.79 Å². The molecular weight excluding hydrogens is 386 g/mol. The Kier molecular flexibility index (Phi) is 5.10. The Labute approximate surface area is 175 Å². The van der Waals surface area contributed by atoms with E-state index in [1.165, 1.54) is 0 Å². The molecule has 2 bridgehead atoms. The van der Waals surface area contributed by atoms with Gasteiger partial charge in [0.2, 0.25) is 5.91 Å². The zero-order valence-electron chi connectivity index (χ0n) is 17.4. The normalized spacial score (nSPS) is 31.2. The fraction of sp³-hybridized carbons (Fsp3) is 0.478. The van der Waals surface area contributed by atoms with E-state index in [0.717, 1.165) is 11.1 Å². The summed E-state index contributed by atoms with van der Waals surface area (Å²) < 4.78 is 16.8. The first-order chi connectivity index (χ1) is 14.3. The Bertz CT molecular complexity index is 924. The fourth-order valence-electron chi connectivity index (χ4n) is 5.14. The Morgan fingerprint density at radius 1 is 1.30 bits per heavy atom. The van der Waals surface area contributed by atoms with Crippen LogP contribution in [0.5, 0.6) is 11.5 Å². The van der Waals surface area contributed by atoms with Crippen LogP contribution in [0.4, 0.5) is 0 Å². The van der Waals surface area contributed by atoms with Gasteiger partial charge in [0.05, 0.1) is 32.3 Å². The molecule has 3 aliphatic rings. The van der Waals surface area contributed by atoms with E-state index in [-0.39, 0.29) is 11.9 Å². The van der Waals surface area contributed by atoms with Crippen molar-refractivity contribution in [1.29, 1.82) is 0 Å². The number of ether oxygens (including phenoxy) is 3. The molecule has 7 heteroatoms. The Hall–Kier alpha value is -2.80. The number of nitrogens with zero attached hydrogens (tertiary/aromatic N) is 1. The lowest BCUT2D eigenvalue weighted by Crippen LogP contribution is -2.46. The minimum Gasteiger partial charge on any atom is -0.550 e. The average Bonchev–Trinajstić information content (AvgIpc) is 3.35. The van der Waals surface area contributed by atoms with Gasteiger partial charge >= 0.3 is 0 Å². The van der Waals surface area contributed by atoms with E-state index >= 15 is 0 Å². The molecule has 160 valence electrons. The summed E-state index contributed by atoms with van der Waals surface area (Å²) in [6.07, 6.45) is 4.16. The molecule has 0 N–H and O–H groups in total. The van der Waals surface area contributed by atoms with Crippen molar-refractivity contribution in [3.05, 3.63) is 48.1 Å². The molecule has 1 aromatic rings. The Morgan fingerprint density at radius 2 is 2.03 bits per heavy atom. The number of carboxylic acids is 1. The van der Waals surface area contributed by atoms with Gasteiger partial charge in [-0.2, -0.15) is 0 Å². The highest BCUT2D eigenvalue weighted by Crippen LogP contribution is 2.55. The van der Waals surface area contributed by atoms with E-state index in [4.69, 9.17) is 14.2 Å². The molecule has 3 aliphatic heterocycles. The maximum absolute atomic E-state index is 13.4. The summed E-state index contributed by atoms with van der Waals surface area (Å²) in [5, 5.41) is 11.8. The molecule has 2 fully saturated rings. The van der Waals surface area contributed by atoms with Crippen molar-refractivity contribution in [2.45, 2.75) is 37.5 Å². The van der Waals surface area contributed by atoms with Crippen LogP contribution in [0.2, 0.25) is 0 Å². The number of benzene rings is 1. The van der Waals surface area contributed by atoms with Gasteiger partial charge in [-0.25, -0.2) is 0 Å². The summed E-state index contributed by atoms with van der Waals surface area (Å²) in [6, 6.07) is 5.36. The summed E-state index contributed by atoms with van der Waals surface area (Å²) in [5.74, 6) is -1.88. The number of fused-ring (bicyclic) bond motifs is 1. The van der Waals surface area contributed by atoms with Crippen molar-refractivity contribution in [2.24, 2.45) is 11.8 Å². The number of hydrogen-bond acceptors (Lipinski definition) is 6. The van der Waals surface area contributed by atoms with Crippen LogP contribution in [0.3, 0.4) is 0 Å². The Balaban J connectivity index is 1.61. The minimum atomic E-state index is -1.24. The van der Waals surface area contributed by atoms with Gasteiger partial charge in [0.25, 0.3) is 0 Å². The van der Waals surface area contributed by atoms with Crippen LogP contribution in [0, 0.1) is 11.8 Å². The molecule has 30 heavy (non-hydrogen) atoms. The lowest BCUT2D eigenvalue weighted by molar-refractivity contribution is -0.313. The number of carbonyl (C=O) groups excluding carboxylic acids is 2. The number of methoxy groups -OCH3 is 2. The average molecular weight is 412 g/mol. The van der Waals surface area contributed by atoms with Crippen LogP contribution >= 0.6 is 0 Å². The molecule has 7 nitrogen and oxygen atoms in total. The first kappa shape index (κ1) is 20.5. The van der Waals surface area contributed by atoms with Crippen LogP contribution in [-0.2, 0) is 20.7 Å². The number of aliphatic carboxylic acids is 1. The van der Waals surface area contributed by atoms with E-state index in [2.05, 4.69) is 6.58 Å². The molecule has 0 saturated carbocycles. The number of rotatable bonds is 8. The minimum absolute atomic E-state index is 0.192. The highest BCUT2D eigenvalue weighted by Gasteiger charge is 2.69. The molecule has 3 heterocycles. The van der Waals surface area contributed by atoms with Crippen LogP contribution in [-0.4, -0.2) is 55.3 Å². The number of amides is 1. The number of carbonyl (C=O) groups is 2. The lowest BCUT2D eigenvalue weighted by atomic mass is 9.74. The number of hydrogen-bond donors (Lipinski definition) is 0. The molecule has 1 spiro atoms. The van der Waals surface area contributed by atoms with Gasteiger partial charge in [-0.15, -0.1) is 6.58 Å². The monoisotopic (exact) mass is 412 g/mol. The third-order valence-corrected chi connectivity index (χ3v) is 6.44. The van der Waals surface area contributed by atoms with Crippen LogP contribution < -0.4 is 14.6 Å². The highest BCUT2D eigenvalue weighted by atomic mass is 16.5. The Morgan fingerprint density at radius 3 is 2.67 bits per heavy atom. The molecular formula is C23H26NO6-. The first-order valence-electron chi connectivity index (χ1n) is 10.1. The number of carboxylic acid groups (broad SMARTS) is 1. The van der Waals surface area contributed by atoms with Crippen LogP contribution in [0.15, 0.2) is 42.5 Å².